The number of phenolic OH excluding ortho intramolecular Hbond substituents is 1. The Hall–Kier alpha value is -2.32. The minimum absolute atomic E-state index is 0.238. The number of pyridine rings is 1. The van der Waals surface area contributed by atoms with Gasteiger partial charge in [0.15, 0.2) is 0 Å². The molecule has 20 heavy (non-hydrogen) atoms. The first-order chi connectivity index (χ1) is 9.72. The molecule has 0 aliphatic rings. The fraction of sp³-hybridized carbons (Fsp3) is 0. The Bertz CT molecular complexity index is 778. The van der Waals surface area contributed by atoms with Gasteiger partial charge < -0.3 is 5.11 Å². The zero-order valence-electron chi connectivity index (χ0n) is 10.6. The maximum Gasteiger partial charge on any atom is 0.115 e. The summed E-state index contributed by atoms with van der Waals surface area (Å²) in [5.74, 6) is 0.238. The summed E-state index contributed by atoms with van der Waals surface area (Å²) in [6.07, 6.45) is 1.83. The molecule has 3 aromatic rings. The molecule has 0 amide bonds. The molecular weight excluding hydrogens is 270 g/mol. The third-order valence-electron chi connectivity index (χ3n) is 3.03. The summed E-state index contributed by atoms with van der Waals surface area (Å²) in [5, 5.41) is 10.9. The van der Waals surface area contributed by atoms with Crippen molar-refractivity contribution in [2.45, 2.75) is 0 Å². The van der Waals surface area contributed by atoms with E-state index in [-0.39, 0.29) is 5.75 Å². The van der Waals surface area contributed by atoms with Gasteiger partial charge in [0.25, 0.3) is 0 Å². The average Bonchev–Trinajstić information content (AvgIpc) is 2.49. The first kappa shape index (κ1) is 12.7. The fourth-order valence-electron chi connectivity index (χ4n) is 1.99. The number of fused-ring (bicyclic) bond motifs is 1. The van der Waals surface area contributed by atoms with Crippen LogP contribution in [0, 0.1) is 0 Å². The molecule has 1 heterocycles. The van der Waals surface area contributed by atoms with E-state index in [1.807, 2.05) is 42.5 Å². The Morgan fingerprint density at radius 3 is 2.50 bits per heavy atom. The Morgan fingerprint density at radius 2 is 1.70 bits per heavy atom. The van der Waals surface area contributed by atoms with Crippen molar-refractivity contribution in [3.63, 3.8) is 0 Å². The maximum atomic E-state index is 9.26. The first-order valence-electron chi connectivity index (χ1n) is 6.25. The van der Waals surface area contributed by atoms with Crippen LogP contribution in [0.3, 0.4) is 0 Å². The lowest BCUT2D eigenvalue weighted by Gasteiger charge is -2.02. The molecular formula is C17H12ClNO. The lowest BCUT2D eigenvalue weighted by atomic mass is 10.1. The quantitative estimate of drug-likeness (QED) is 0.740. The molecule has 3 heteroatoms. The van der Waals surface area contributed by atoms with Gasteiger partial charge in [-0.3, -0.25) is 0 Å². The molecule has 98 valence electrons. The van der Waals surface area contributed by atoms with Crippen LogP contribution in [0.4, 0.5) is 0 Å². The number of benzene rings is 2. The monoisotopic (exact) mass is 281 g/mol. The van der Waals surface area contributed by atoms with Crippen molar-refractivity contribution in [1.29, 1.82) is 0 Å². The second kappa shape index (κ2) is 5.35. The molecule has 0 fully saturated rings. The Labute approximate surface area is 122 Å². The van der Waals surface area contributed by atoms with Crippen molar-refractivity contribution < 1.29 is 5.11 Å². The number of nitrogens with zero attached hydrogens (tertiary/aromatic N) is 1. The van der Waals surface area contributed by atoms with Crippen LogP contribution in [0.25, 0.3) is 22.0 Å². The lowest BCUT2D eigenvalue weighted by Crippen LogP contribution is -1.86. The molecule has 2 aromatic carbocycles. The molecule has 0 aliphatic carbocycles. The Morgan fingerprint density at radius 1 is 0.950 bits per heavy atom. The van der Waals surface area contributed by atoms with E-state index in [9.17, 15) is 5.11 Å². The molecule has 0 spiro atoms. The van der Waals surface area contributed by atoms with Crippen molar-refractivity contribution in [3.05, 3.63) is 71.9 Å². The topological polar surface area (TPSA) is 33.1 Å². The van der Waals surface area contributed by atoms with Crippen LogP contribution in [-0.2, 0) is 0 Å². The number of phenols is 1. The minimum Gasteiger partial charge on any atom is -0.508 e. The molecule has 2 nitrogen and oxygen atoms in total. The van der Waals surface area contributed by atoms with Gasteiger partial charge in [-0.1, -0.05) is 48.0 Å². The van der Waals surface area contributed by atoms with Gasteiger partial charge in [-0.25, -0.2) is 4.98 Å². The molecule has 0 atom stereocenters. The number of aromatic nitrogens is 1. The molecule has 1 aromatic heterocycles. The number of halogens is 1. The van der Waals surface area contributed by atoms with Crippen molar-refractivity contribution in [1.82, 2.24) is 4.98 Å². The van der Waals surface area contributed by atoms with Crippen LogP contribution in [0.5, 0.6) is 5.75 Å². The summed E-state index contributed by atoms with van der Waals surface area (Å²) in [6.45, 7) is 0. The fourth-order valence-corrected chi connectivity index (χ4v) is 2.22. The molecule has 0 saturated carbocycles. The van der Waals surface area contributed by atoms with E-state index < -0.39 is 0 Å². The summed E-state index contributed by atoms with van der Waals surface area (Å²) in [6, 6.07) is 18.7. The second-order valence-electron chi connectivity index (χ2n) is 4.47. The Balaban J connectivity index is 1.99. The van der Waals surface area contributed by atoms with Crippen molar-refractivity contribution in [3.8, 4) is 5.75 Å². The molecule has 0 saturated heterocycles. The van der Waals surface area contributed by atoms with Gasteiger partial charge in [0.1, 0.15) is 5.75 Å². The standard InChI is InChI=1S/C17H12ClNO/c18-15(11-12-5-8-14(20)9-6-12)17-10-7-13-3-1-2-4-16(13)19-17/h1-11,20H/b15-11-. The van der Waals surface area contributed by atoms with Gasteiger partial charge in [0.05, 0.1) is 16.2 Å². The highest BCUT2D eigenvalue weighted by molar-refractivity contribution is 6.51. The first-order valence-corrected chi connectivity index (χ1v) is 6.62. The van der Waals surface area contributed by atoms with Gasteiger partial charge in [-0.05, 0) is 35.9 Å². The summed E-state index contributed by atoms with van der Waals surface area (Å²) in [7, 11) is 0. The van der Waals surface area contributed by atoms with E-state index in [1.54, 1.807) is 24.3 Å². The van der Waals surface area contributed by atoms with Crippen molar-refractivity contribution >= 4 is 33.6 Å². The smallest absolute Gasteiger partial charge is 0.115 e. The lowest BCUT2D eigenvalue weighted by molar-refractivity contribution is 0.475. The van der Waals surface area contributed by atoms with Crippen LogP contribution < -0.4 is 0 Å². The van der Waals surface area contributed by atoms with E-state index in [2.05, 4.69) is 4.98 Å². The predicted molar refractivity (Wildman–Crippen MR) is 83.6 cm³/mol. The Kier molecular flexibility index (Phi) is 3.40. The van der Waals surface area contributed by atoms with Gasteiger partial charge in [0, 0.05) is 5.39 Å². The van der Waals surface area contributed by atoms with E-state index in [0.29, 0.717) is 5.03 Å². The highest BCUT2D eigenvalue weighted by Gasteiger charge is 2.02. The van der Waals surface area contributed by atoms with Crippen LogP contribution in [-0.4, -0.2) is 10.1 Å². The molecule has 3 rings (SSSR count). The summed E-state index contributed by atoms with van der Waals surface area (Å²) < 4.78 is 0. The van der Waals surface area contributed by atoms with Gasteiger partial charge >= 0.3 is 0 Å². The van der Waals surface area contributed by atoms with Crippen LogP contribution in [0.2, 0.25) is 0 Å². The average molecular weight is 282 g/mol. The largest absolute Gasteiger partial charge is 0.508 e. The zero-order chi connectivity index (χ0) is 13.9. The van der Waals surface area contributed by atoms with E-state index in [4.69, 9.17) is 11.6 Å². The number of aromatic hydroxyl groups is 1. The number of rotatable bonds is 2. The number of para-hydroxylation sites is 1. The number of hydrogen-bond donors (Lipinski definition) is 1. The van der Waals surface area contributed by atoms with Crippen LogP contribution in [0.15, 0.2) is 60.7 Å². The second-order valence-corrected chi connectivity index (χ2v) is 4.88. The van der Waals surface area contributed by atoms with Gasteiger partial charge in [0.2, 0.25) is 0 Å². The molecule has 0 bridgehead atoms. The highest BCUT2D eigenvalue weighted by Crippen LogP contribution is 2.23. The third kappa shape index (κ3) is 2.65. The SMILES string of the molecule is Oc1ccc(/C=C(\Cl)c2ccc3ccccc3n2)cc1. The van der Waals surface area contributed by atoms with Crippen molar-refractivity contribution in [2.75, 3.05) is 0 Å². The van der Waals surface area contributed by atoms with E-state index >= 15 is 0 Å². The van der Waals surface area contributed by atoms with E-state index in [1.165, 1.54) is 0 Å². The van der Waals surface area contributed by atoms with Crippen molar-refractivity contribution in [2.24, 2.45) is 0 Å². The third-order valence-corrected chi connectivity index (χ3v) is 3.33. The molecule has 0 radical (unpaired) electrons. The van der Waals surface area contributed by atoms with Crippen LogP contribution >= 0.6 is 11.6 Å². The van der Waals surface area contributed by atoms with Gasteiger partial charge in [-0.2, -0.15) is 0 Å². The highest BCUT2D eigenvalue weighted by atomic mass is 35.5. The number of hydrogen-bond acceptors (Lipinski definition) is 2. The predicted octanol–water partition coefficient (Wildman–Crippen LogP) is 4.68. The molecule has 1 N–H and O–H groups in total. The normalized spacial score (nSPS) is 11.8. The molecule has 0 unspecified atom stereocenters. The minimum atomic E-state index is 0.238. The van der Waals surface area contributed by atoms with E-state index in [0.717, 1.165) is 22.2 Å². The molecule has 0 aliphatic heterocycles. The van der Waals surface area contributed by atoms with Crippen LogP contribution in [0.1, 0.15) is 11.3 Å². The maximum absolute atomic E-state index is 9.26. The zero-order valence-corrected chi connectivity index (χ0v) is 11.4. The summed E-state index contributed by atoms with van der Waals surface area (Å²) in [4.78, 5) is 4.54. The summed E-state index contributed by atoms with van der Waals surface area (Å²) >= 11 is 6.32. The summed E-state index contributed by atoms with van der Waals surface area (Å²) in [5.41, 5.74) is 2.57. The van der Waals surface area contributed by atoms with Gasteiger partial charge in [-0.15, -0.1) is 0 Å².